The van der Waals surface area contributed by atoms with Crippen LogP contribution in [0.3, 0.4) is 0 Å². The molecule has 1 amide bonds. The number of nitrogens with one attached hydrogen (secondary N) is 1. The highest BCUT2D eigenvalue weighted by atomic mass is 32.2. The summed E-state index contributed by atoms with van der Waals surface area (Å²) in [4.78, 5) is 25.9. The van der Waals surface area contributed by atoms with Crippen LogP contribution in [-0.4, -0.2) is 62.0 Å². The molecule has 7 nitrogen and oxygen atoms in total. The van der Waals surface area contributed by atoms with Gasteiger partial charge in [0.15, 0.2) is 5.78 Å². The van der Waals surface area contributed by atoms with Gasteiger partial charge in [-0.05, 0) is 30.5 Å². The highest BCUT2D eigenvalue weighted by Crippen LogP contribution is 2.22. The molecule has 2 heterocycles. The maximum atomic E-state index is 12.5. The first kappa shape index (κ1) is 19.7. The van der Waals surface area contributed by atoms with E-state index in [1.54, 1.807) is 41.8 Å². The molecule has 1 aliphatic rings. The molecule has 1 aliphatic heterocycles. The lowest BCUT2D eigenvalue weighted by Gasteiger charge is -2.33. The van der Waals surface area contributed by atoms with E-state index in [9.17, 15) is 18.0 Å². The number of hydrogen-bond donors (Lipinski definition) is 1. The van der Waals surface area contributed by atoms with E-state index in [1.807, 2.05) is 4.90 Å². The molecule has 27 heavy (non-hydrogen) atoms. The van der Waals surface area contributed by atoms with Gasteiger partial charge in [0.2, 0.25) is 5.91 Å². The van der Waals surface area contributed by atoms with E-state index < -0.39 is 10.0 Å². The Kier molecular flexibility index (Phi) is 6.05. The average Bonchev–Trinajstić information content (AvgIpc) is 3.18. The Labute approximate surface area is 162 Å². The van der Waals surface area contributed by atoms with Gasteiger partial charge in [0, 0.05) is 31.7 Å². The predicted molar refractivity (Wildman–Crippen MR) is 105 cm³/mol. The van der Waals surface area contributed by atoms with Crippen LogP contribution in [0.1, 0.15) is 17.3 Å². The fourth-order valence-electron chi connectivity index (χ4n) is 2.96. The van der Waals surface area contributed by atoms with Crippen LogP contribution in [0.2, 0.25) is 0 Å². The van der Waals surface area contributed by atoms with Crippen molar-refractivity contribution in [1.29, 1.82) is 0 Å². The molecule has 1 fully saturated rings. The highest BCUT2D eigenvalue weighted by molar-refractivity contribution is 7.91. The lowest BCUT2D eigenvalue weighted by molar-refractivity contribution is -0.117. The molecule has 1 saturated heterocycles. The van der Waals surface area contributed by atoms with Crippen molar-refractivity contribution in [2.45, 2.75) is 11.1 Å². The van der Waals surface area contributed by atoms with Crippen LogP contribution in [0, 0.1) is 0 Å². The lowest BCUT2D eigenvalue weighted by Crippen LogP contribution is -2.50. The number of thiophene rings is 1. The Balaban J connectivity index is 1.55. The highest BCUT2D eigenvalue weighted by Gasteiger charge is 2.29. The van der Waals surface area contributed by atoms with Gasteiger partial charge in [-0.1, -0.05) is 18.2 Å². The van der Waals surface area contributed by atoms with Crippen LogP contribution in [0.4, 0.5) is 5.69 Å². The zero-order chi connectivity index (χ0) is 19.4. The van der Waals surface area contributed by atoms with Crippen molar-refractivity contribution in [3.05, 3.63) is 47.3 Å². The maximum absolute atomic E-state index is 12.5. The van der Waals surface area contributed by atoms with E-state index in [4.69, 9.17) is 0 Å². The van der Waals surface area contributed by atoms with Gasteiger partial charge in [0.1, 0.15) is 4.21 Å². The second kappa shape index (κ2) is 8.30. The summed E-state index contributed by atoms with van der Waals surface area (Å²) in [5, 5.41) is 4.51. The number of para-hydroxylation sites is 1. The Morgan fingerprint density at radius 1 is 1.07 bits per heavy atom. The van der Waals surface area contributed by atoms with Gasteiger partial charge in [-0.2, -0.15) is 4.31 Å². The summed E-state index contributed by atoms with van der Waals surface area (Å²) in [5.41, 5.74) is 0.964. The third-order valence-corrected chi connectivity index (χ3v) is 7.64. The summed E-state index contributed by atoms with van der Waals surface area (Å²) in [6, 6.07) is 10.2. The van der Waals surface area contributed by atoms with Gasteiger partial charge in [0.25, 0.3) is 10.0 Å². The van der Waals surface area contributed by atoms with Crippen molar-refractivity contribution in [3.8, 4) is 0 Å². The number of sulfonamides is 1. The number of anilines is 1. The molecule has 1 aromatic carbocycles. The van der Waals surface area contributed by atoms with Gasteiger partial charge in [-0.15, -0.1) is 11.3 Å². The first-order chi connectivity index (χ1) is 12.9. The van der Waals surface area contributed by atoms with Crippen molar-refractivity contribution in [2.24, 2.45) is 0 Å². The van der Waals surface area contributed by atoms with Crippen LogP contribution in [0.5, 0.6) is 0 Å². The van der Waals surface area contributed by atoms with Crippen molar-refractivity contribution in [3.63, 3.8) is 0 Å². The van der Waals surface area contributed by atoms with Gasteiger partial charge in [-0.3, -0.25) is 14.5 Å². The monoisotopic (exact) mass is 407 g/mol. The third kappa shape index (κ3) is 4.62. The number of nitrogens with zero attached hydrogens (tertiary/aromatic N) is 2. The van der Waals surface area contributed by atoms with Gasteiger partial charge in [0.05, 0.1) is 12.2 Å². The average molecular weight is 408 g/mol. The molecule has 0 saturated carbocycles. The summed E-state index contributed by atoms with van der Waals surface area (Å²) < 4.78 is 26.9. The SMILES string of the molecule is CC(=O)c1ccccc1NC(=O)CN1CCN(S(=O)(=O)c2cccs2)CC1. The topological polar surface area (TPSA) is 86.8 Å². The van der Waals surface area contributed by atoms with Crippen LogP contribution < -0.4 is 5.32 Å². The van der Waals surface area contributed by atoms with Crippen LogP contribution in [0.25, 0.3) is 0 Å². The van der Waals surface area contributed by atoms with E-state index in [0.717, 1.165) is 0 Å². The molecule has 0 unspecified atom stereocenters. The molecule has 1 aromatic heterocycles. The summed E-state index contributed by atoms with van der Waals surface area (Å²) in [5.74, 6) is -0.337. The Morgan fingerprint density at radius 2 is 1.78 bits per heavy atom. The van der Waals surface area contributed by atoms with Gasteiger partial charge < -0.3 is 5.32 Å². The molecular weight excluding hydrogens is 386 g/mol. The number of carbonyl (C=O) groups excluding carboxylic acids is 2. The quantitative estimate of drug-likeness (QED) is 0.739. The molecule has 1 N–H and O–H groups in total. The minimum absolute atomic E-state index is 0.113. The minimum Gasteiger partial charge on any atom is -0.324 e. The predicted octanol–water partition coefficient (Wildman–Crippen LogP) is 1.90. The smallest absolute Gasteiger partial charge is 0.252 e. The number of benzene rings is 1. The molecule has 0 bridgehead atoms. The summed E-state index contributed by atoms with van der Waals surface area (Å²) in [7, 11) is -3.45. The fraction of sp³-hybridized carbons (Fsp3) is 0.333. The van der Waals surface area contributed by atoms with E-state index >= 15 is 0 Å². The van der Waals surface area contributed by atoms with Crippen molar-refractivity contribution in [1.82, 2.24) is 9.21 Å². The van der Waals surface area contributed by atoms with Gasteiger partial charge >= 0.3 is 0 Å². The number of carbonyl (C=O) groups is 2. The minimum atomic E-state index is -3.45. The zero-order valence-corrected chi connectivity index (χ0v) is 16.6. The summed E-state index contributed by atoms with van der Waals surface area (Å²) in [6.45, 7) is 3.26. The number of piperazine rings is 1. The third-order valence-electron chi connectivity index (χ3n) is 4.37. The normalized spacial score (nSPS) is 16.2. The summed E-state index contributed by atoms with van der Waals surface area (Å²) >= 11 is 1.20. The molecular formula is C18H21N3O4S2. The second-order valence-corrected chi connectivity index (χ2v) is 9.37. The van der Waals surface area contributed by atoms with E-state index in [2.05, 4.69) is 5.32 Å². The standard InChI is InChI=1S/C18H21N3O4S2/c1-14(22)15-5-2-3-6-16(15)19-17(23)13-20-8-10-21(11-9-20)27(24,25)18-7-4-12-26-18/h2-7,12H,8-11,13H2,1H3,(H,19,23). The fourth-order valence-corrected chi connectivity index (χ4v) is 5.52. The molecule has 9 heteroatoms. The van der Waals surface area contributed by atoms with Crippen LogP contribution in [0.15, 0.2) is 46.0 Å². The molecule has 144 valence electrons. The van der Waals surface area contributed by atoms with E-state index in [1.165, 1.54) is 22.6 Å². The number of rotatable bonds is 6. The van der Waals surface area contributed by atoms with Crippen molar-refractivity contribution < 1.29 is 18.0 Å². The molecule has 0 atom stereocenters. The summed E-state index contributed by atoms with van der Waals surface area (Å²) in [6.07, 6.45) is 0. The molecule has 0 spiro atoms. The lowest BCUT2D eigenvalue weighted by atomic mass is 10.1. The Bertz CT molecular complexity index is 918. The van der Waals surface area contributed by atoms with E-state index in [0.29, 0.717) is 41.6 Å². The number of ketones is 1. The molecule has 0 aliphatic carbocycles. The number of Topliss-reactive ketones (excluding diaryl/α,β-unsaturated/α-hetero) is 1. The van der Waals surface area contributed by atoms with Crippen molar-refractivity contribution >= 4 is 38.7 Å². The number of amides is 1. The largest absolute Gasteiger partial charge is 0.324 e. The van der Waals surface area contributed by atoms with E-state index in [-0.39, 0.29) is 18.2 Å². The maximum Gasteiger partial charge on any atom is 0.252 e. The molecule has 2 aromatic rings. The Morgan fingerprint density at radius 3 is 2.41 bits per heavy atom. The van der Waals surface area contributed by atoms with Crippen LogP contribution >= 0.6 is 11.3 Å². The van der Waals surface area contributed by atoms with Crippen LogP contribution in [-0.2, 0) is 14.8 Å². The second-order valence-electron chi connectivity index (χ2n) is 6.26. The molecule has 0 radical (unpaired) electrons. The number of hydrogen-bond acceptors (Lipinski definition) is 6. The molecule has 3 rings (SSSR count). The Hall–Kier alpha value is -2.07. The first-order valence-electron chi connectivity index (χ1n) is 8.54. The van der Waals surface area contributed by atoms with Gasteiger partial charge in [-0.25, -0.2) is 8.42 Å². The zero-order valence-electron chi connectivity index (χ0n) is 14.9. The van der Waals surface area contributed by atoms with Crippen molar-refractivity contribution in [2.75, 3.05) is 38.0 Å². The first-order valence-corrected chi connectivity index (χ1v) is 10.9.